The normalized spacial score (nSPS) is 18.4. The molecule has 0 radical (unpaired) electrons. The standard InChI is InChI=1S/C7H15N3O2.C6H4ClF/c8-7(11)10-4-6-3-9-1-2-12-5-6;7-5-3-1-2-4-6(5)8/h6,9H,1-5H2,(H3,8,10,11);1-4H. The van der Waals surface area contributed by atoms with E-state index in [1.54, 1.807) is 12.1 Å². The lowest BCUT2D eigenvalue weighted by Crippen LogP contribution is -2.37. The first-order valence-corrected chi connectivity index (χ1v) is 6.69. The smallest absolute Gasteiger partial charge is 0.312 e. The van der Waals surface area contributed by atoms with Crippen LogP contribution in [0.15, 0.2) is 24.3 Å². The van der Waals surface area contributed by atoms with Gasteiger partial charge in [0.15, 0.2) is 0 Å². The molecule has 2 rings (SSSR count). The number of urea groups is 1. The number of hydrogen-bond donors (Lipinski definition) is 3. The first-order valence-electron chi connectivity index (χ1n) is 6.31. The van der Waals surface area contributed by atoms with Crippen molar-refractivity contribution in [2.24, 2.45) is 11.7 Å². The molecule has 1 saturated heterocycles. The predicted octanol–water partition coefficient (Wildman–Crippen LogP) is 1.37. The van der Waals surface area contributed by atoms with Gasteiger partial charge in [0.05, 0.1) is 18.2 Å². The van der Waals surface area contributed by atoms with Crippen molar-refractivity contribution in [2.75, 3.05) is 32.8 Å². The van der Waals surface area contributed by atoms with Gasteiger partial charge in [0.2, 0.25) is 0 Å². The second-order valence-electron chi connectivity index (χ2n) is 4.30. The van der Waals surface area contributed by atoms with Gasteiger partial charge < -0.3 is 21.1 Å². The number of benzene rings is 1. The second-order valence-corrected chi connectivity index (χ2v) is 4.71. The van der Waals surface area contributed by atoms with E-state index in [1.807, 2.05) is 0 Å². The highest BCUT2D eigenvalue weighted by Crippen LogP contribution is 2.11. The molecule has 0 bridgehead atoms. The minimum Gasteiger partial charge on any atom is -0.380 e. The lowest BCUT2D eigenvalue weighted by Gasteiger charge is -2.12. The molecule has 0 aliphatic carbocycles. The largest absolute Gasteiger partial charge is 0.380 e. The number of hydrogen-bond acceptors (Lipinski definition) is 3. The number of nitrogens with two attached hydrogens (primary N) is 1. The summed E-state index contributed by atoms with van der Waals surface area (Å²) in [5.41, 5.74) is 4.94. The molecule has 2 amide bonds. The maximum Gasteiger partial charge on any atom is 0.312 e. The zero-order chi connectivity index (χ0) is 14.8. The van der Waals surface area contributed by atoms with Crippen molar-refractivity contribution in [1.82, 2.24) is 10.6 Å². The Kier molecular flexibility index (Phi) is 7.94. The monoisotopic (exact) mass is 303 g/mol. The van der Waals surface area contributed by atoms with Crippen LogP contribution in [0.3, 0.4) is 0 Å². The Balaban J connectivity index is 0.000000217. The van der Waals surface area contributed by atoms with E-state index in [-0.39, 0.29) is 10.8 Å². The average molecular weight is 304 g/mol. The zero-order valence-electron chi connectivity index (χ0n) is 11.1. The van der Waals surface area contributed by atoms with Crippen LogP contribution in [-0.4, -0.2) is 38.9 Å². The SMILES string of the molecule is Fc1ccccc1Cl.NC(=O)NCC1CNCCOC1. The van der Waals surface area contributed by atoms with E-state index in [4.69, 9.17) is 22.1 Å². The van der Waals surface area contributed by atoms with E-state index in [9.17, 15) is 9.18 Å². The van der Waals surface area contributed by atoms with Crippen LogP contribution in [-0.2, 0) is 4.74 Å². The Labute approximate surface area is 122 Å². The Morgan fingerprint density at radius 3 is 2.90 bits per heavy atom. The molecule has 1 heterocycles. The van der Waals surface area contributed by atoms with Crippen LogP contribution in [0, 0.1) is 11.7 Å². The molecule has 1 aliphatic heterocycles. The summed E-state index contributed by atoms with van der Waals surface area (Å²) >= 11 is 5.33. The molecular formula is C13H19ClFN3O2. The molecule has 0 aromatic heterocycles. The van der Waals surface area contributed by atoms with E-state index in [0.717, 1.165) is 19.7 Å². The van der Waals surface area contributed by atoms with Gasteiger partial charge in [-0.1, -0.05) is 23.7 Å². The van der Waals surface area contributed by atoms with Crippen LogP contribution in [0.1, 0.15) is 0 Å². The van der Waals surface area contributed by atoms with Crippen LogP contribution in [0.5, 0.6) is 0 Å². The molecule has 1 atom stereocenters. The van der Waals surface area contributed by atoms with Gasteiger partial charge in [-0.15, -0.1) is 0 Å². The van der Waals surface area contributed by atoms with Crippen LogP contribution in [0.2, 0.25) is 5.02 Å². The number of nitrogens with one attached hydrogen (secondary N) is 2. The Bertz CT molecular complexity index is 391. The van der Waals surface area contributed by atoms with Crippen molar-refractivity contribution < 1.29 is 13.9 Å². The summed E-state index contributed by atoms with van der Waals surface area (Å²) in [5.74, 6) is -0.0332. The molecule has 112 valence electrons. The molecule has 1 unspecified atom stereocenters. The summed E-state index contributed by atoms with van der Waals surface area (Å²) < 4.78 is 17.5. The van der Waals surface area contributed by atoms with Crippen LogP contribution < -0.4 is 16.4 Å². The van der Waals surface area contributed by atoms with E-state index in [1.165, 1.54) is 12.1 Å². The quantitative estimate of drug-likeness (QED) is 0.772. The van der Waals surface area contributed by atoms with E-state index < -0.39 is 6.03 Å². The number of amides is 2. The summed E-state index contributed by atoms with van der Waals surface area (Å²) in [6.07, 6.45) is 0. The molecule has 7 heteroatoms. The number of rotatable bonds is 2. The molecule has 4 N–H and O–H groups in total. The zero-order valence-corrected chi connectivity index (χ0v) is 11.8. The first kappa shape index (κ1) is 16.7. The number of primary amides is 1. The fraction of sp³-hybridized carbons (Fsp3) is 0.462. The molecule has 1 aliphatic rings. The molecule has 0 spiro atoms. The third-order valence-corrected chi connectivity index (χ3v) is 2.91. The fourth-order valence-corrected chi connectivity index (χ4v) is 1.71. The first-order chi connectivity index (χ1) is 9.59. The fourth-order valence-electron chi connectivity index (χ4n) is 1.57. The number of carbonyl (C=O) groups is 1. The number of halogens is 2. The van der Waals surface area contributed by atoms with Gasteiger partial charge in [0.1, 0.15) is 5.82 Å². The lowest BCUT2D eigenvalue weighted by molar-refractivity contribution is 0.123. The molecule has 1 aromatic carbocycles. The molecule has 5 nitrogen and oxygen atoms in total. The van der Waals surface area contributed by atoms with Crippen molar-refractivity contribution in [3.05, 3.63) is 35.1 Å². The summed E-state index contributed by atoms with van der Waals surface area (Å²) in [6, 6.07) is 5.64. The van der Waals surface area contributed by atoms with Crippen molar-refractivity contribution in [3.63, 3.8) is 0 Å². The average Bonchev–Trinajstić information content (AvgIpc) is 2.69. The third-order valence-electron chi connectivity index (χ3n) is 2.60. The van der Waals surface area contributed by atoms with Gasteiger partial charge in [0, 0.05) is 25.6 Å². The maximum absolute atomic E-state index is 12.2. The van der Waals surface area contributed by atoms with Gasteiger partial charge in [-0.25, -0.2) is 9.18 Å². The van der Waals surface area contributed by atoms with Gasteiger partial charge >= 0.3 is 6.03 Å². The van der Waals surface area contributed by atoms with Crippen LogP contribution >= 0.6 is 11.6 Å². The van der Waals surface area contributed by atoms with Crippen molar-refractivity contribution in [3.8, 4) is 0 Å². The molecule has 1 fully saturated rings. The Hall–Kier alpha value is -1.37. The predicted molar refractivity (Wildman–Crippen MR) is 76.2 cm³/mol. The Morgan fingerprint density at radius 1 is 1.55 bits per heavy atom. The van der Waals surface area contributed by atoms with Gasteiger partial charge in [-0.05, 0) is 12.1 Å². The summed E-state index contributed by atoms with van der Waals surface area (Å²) in [7, 11) is 0. The van der Waals surface area contributed by atoms with E-state index in [0.29, 0.717) is 19.1 Å². The molecule has 1 aromatic rings. The van der Waals surface area contributed by atoms with Crippen LogP contribution in [0.25, 0.3) is 0 Å². The molecule has 0 saturated carbocycles. The lowest BCUT2D eigenvalue weighted by atomic mass is 10.1. The maximum atomic E-state index is 12.2. The number of carbonyl (C=O) groups excluding carboxylic acids is 1. The van der Waals surface area contributed by atoms with Crippen molar-refractivity contribution >= 4 is 17.6 Å². The van der Waals surface area contributed by atoms with Crippen LogP contribution in [0.4, 0.5) is 9.18 Å². The summed E-state index contributed by atoms with van der Waals surface area (Å²) in [6.45, 7) is 3.77. The van der Waals surface area contributed by atoms with Gasteiger partial charge in [-0.3, -0.25) is 0 Å². The summed E-state index contributed by atoms with van der Waals surface area (Å²) in [5, 5.41) is 5.94. The van der Waals surface area contributed by atoms with E-state index >= 15 is 0 Å². The minimum absolute atomic E-state index is 0.174. The Morgan fingerprint density at radius 2 is 2.30 bits per heavy atom. The highest BCUT2D eigenvalue weighted by molar-refractivity contribution is 6.30. The highest BCUT2D eigenvalue weighted by atomic mass is 35.5. The molecular weight excluding hydrogens is 285 g/mol. The number of ether oxygens (including phenoxy) is 1. The van der Waals surface area contributed by atoms with Gasteiger partial charge in [-0.2, -0.15) is 0 Å². The topological polar surface area (TPSA) is 76.4 Å². The van der Waals surface area contributed by atoms with Crippen molar-refractivity contribution in [1.29, 1.82) is 0 Å². The highest BCUT2D eigenvalue weighted by Gasteiger charge is 2.11. The summed E-state index contributed by atoms with van der Waals surface area (Å²) in [4.78, 5) is 10.4. The third kappa shape index (κ3) is 7.28. The minimum atomic E-state index is -0.473. The van der Waals surface area contributed by atoms with Gasteiger partial charge in [0.25, 0.3) is 0 Å². The molecule has 20 heavy (non-hydrogen) atoms. The van der Waals surface area contributed by atoms with E-state index in [2.05, 4.69) is 10.6 Å². The second kappa shape index (κ2) is 9.52. The van der Waals surface area contributed by atoms with Crippen molar-refractivity contribution in [2.45, 2.75) is 0 Å².